The number of methoxy groups -OCH3 is 1. The predicted molar refractivity (Wildman–Crippen MR) is 99.5 cm³/mol. The molecular formula is C19H22N2O5S. The molecule has 0 aliphatic carbocycles. The number of carbonyl (C=O) groups excluding carboxylic acids is 1. The van der Waals surface area contributed by atoms with Gasteiger partial charge in [0.2, 0.25) is 0 Å². The van der Waals surface area contributed by atoms with Gasteiger partial charge in [-0.2, -0.15) is 0 Å². The Kier molecular flexibility index (Phi) is 5.95. The van der Waals surface area contributed by atoms with Crippen molar-refractivity contribution in [2.75, 3.05) is 26.8 Å². The second-order valence-corrected chi connectivity index (χ2v) is 8.51. The highest BCUT2D eigenvalue weighted by atomic mass is 32.2. The second-order valence-electron chi connectivity index (χ2n) is 6.28. The molecule has 144 valence electrons. The summed E-state index contributed by atoms with van der Waals surface area (Å²) in [5.74, 6) is 0.991. The smallest absolute Gasteiger partial charge is 0.260 e. The Bertz CT molecular complexity index is 861. The van der Waals surface area contributed by atoms with Crippen LogP contribution in [0.4, 0.5) is 0 Å². The lowest BCUT2D eigenvalue weighted by atomic mass is 10.1. The van der Waals surface area contributed by atoms with E-state index in [1.165, 1.54) is 7.11 Å². The van der Waals surface area contributed by atoms with Crippen LogP contribution in [0, 0.1) is 0 Å². The fourth-order valence-corrected chi connectivity index (χ4v) is 4.77. The van der Waals surface area contributed by atoms with Crippen molar-refractivity contribution in [2.45, 2.75) is 23.0 Å². The van der Waals surface area contributed by atoms with Gasteiger partial charge < -0.3 is 14.4 Å². The number of hydrogen-bond donors (Lipinski definition) is 0. The molecule has 0 spiro atoms. The van der Waals surface area contributed by atoms with Crippen LogP contribution in [0.1, 0.15) is 12.8 Å². The Morgan fingerprint density at radius 2 is 1.85 bits per heavy atom. The van der Waals surface area contributed by atoms with Gasteiger partial charge in [0, 0.05) is 19.3 Å². The number of carbonyl (C=O) groups is 1. The van der Waals surface area contributed by atoms with Gasteiger partial charge in [-0.15, -0.1) is 0 Å². The molecule has 1 aromatic carbocycles. The van der Waals surface area contributed by atoms with Crippen LogP contribution in [0.2, 0.25) is 0 Å². The predicted octanol–water partition coefficient (Wildman–Crippen LogP) is 1.93. The maximum absolute atomic E-state index is 12.8. The molecule has 8 heteroatoms. The third kappa shape index (κ3) is 4.57. The van der Waals surface area contributed by atoms with E-state index < -0.39 is 15.1 Å². The molecule has 0 radical (unpaired) electrons. The summed E-state index contributed by atoms with van der Waals surface area (Å²) in [6, 6.07) is 9.87. The summed E-state index contributed by atoms with van der Waals surface area (Å²) in [4.78, 5) is 18.1. The summed E-state index contributed by atoms with van der Waals surface area (Å²) in [5.41, 5.74) is 0. The SMILES string of the molecule is COc1ccc(S(=O)(=O)C2CCN(C(=O)COc3cccnc3)CC2)cc1. The highest BCUT2D eigenvalue weighted by molar-refractivity contribution is 7.92. The van der Waals surface area contributed by atoms with E-state index in [0.717, 1.165) is 0 Å². The molecule has 2 aromatic rings. The van der Waals surface area contributed by atoms with Crippen molar-refractivity contribution in [3.63, 3.8) is 0 Å². The molecule has 0 unspecified atom stereocenters. The minimum Gasteiger partial charge on any atom is -0.497 e. The quantitative estimate of drug-likeness (QED) is 0.749. The lowest BCUT2D eigenvalue weighted by Crippen LogP contribution is -2.44. The maximum atomic E-state index is 12.8. The Balaban J connectivity index is 1.55. The Morgan fingerprint density at radius 3 is 2.44 bits per heavy atom. The Hall–Kier alpha value is -2.61. The van der Waals surface area contributed by atoms with Gasteiger partial charge in [0.25, 0.3) is 5.91 Å². The van der Waals surface area contributed by atoms with Crippen LogP contribution >= 0.6 is 0 Å². The molecule has 0 atom stereocenters. The lowest BCUT2D eigenvalue weighted by molar-refractivity contribution is -0.134. The van der Waals surface area contributed by atoms with Crippen LogP contribution < -0.4 is 9.47 Å². The topological polar surface area (TPSA) is 85.8 Å². The number of piperidine rings is 1. The molecule has 1 fully saturated rings. The number of nitrogens with zero attached hydrogens (tertiary/aromatic N) is 2. The van der Waals surface area contributed by atoms with Crippen LogP contribution in [0.3, 0.4) is 0 Å². The van der Waals surface area contributed by atoms with Gasteiger partial charge in [0.15, 0.2) is 16.4 Å². The molecule has 27 heavy (non-hydrogen) atoms. The fraction of sp³-hybridized carbons (Fsp3) is 0.368. The van der Waals surface area contributed by atoms with E-state index in [1.807, 2.05) is 0 Å². The number of hydrogen-bond acceptors (Lipinski definition) is 6. The van der Waals surface area contributed by atoms with Crippen molar-refractivity contribution < 1.29 is 22.7 Å². The first-order valence-electron chi connectivity index (χ1n) is 8.69. The number of amides is 1. The first kappa shape index (κ1) is 19.2. The van der Waals surface area contributed by atoms with Crippen LogP contribution in [-0.2, 0) is 14.6 Å². The molecule has 1 saturated heterocycles. The number of pyridine rings is 1. The van der Waals surface area contributed by atoms with Crippen molar-refractivity contribution in [2.24, 2.45) is 0 Å². The molecule has 1 aliphatic rings. The van der Waals surface area contributed by atoms with E-state index in [2.05, 4.69) is 4.98 Å². The summed E-state index contributed by atoms with van der Waals surface area (Å²) >= 11 is 0. The van der Waals surface area contributed by atoms with Crippen LogP contribution in [0.5, 0.6) is 11.5 Å². The first-order valence-corrected chi connectivity index (χ1v) is 10.2. The van der Waals surface area contributed by atoms with Gasteiger partial charge in [0.05, 0.1) is 23.5 Å². The second kappa shape index (κ2) is 8.39. The average Bonchev–Trinajstić information content (AvgIpc) is 2.73. The molecule has 1 aliphatic heterocycles. The summed E-state index contributed by atoms with van der Waals surface area (Å²) in [7, 11) is -1.89. The zero-order chi connectivity index (χ0) is 19.3. The Labute approximate surface area is 158 Å². The van der Waals surface area contributed by atoms with Crippen LogP contribution in [-0.4, -0.2) is 56.3 Å². The van der Waals surface area contributed by atoms with Gasteiger partial charge in [-0.1, -0.05) is 0 Å². The minimum atomic E-state index is -3.42. The zero-order valence-corrected chi connectivity index (χ0v) is 15.9. The van der Waals surface area contributed by atoms with Gasteiger partial charge >= 0.3 is 0 Å². The van der Waals surface area contributed by atoms with Gasteiger partial charge in [0.1, 0.15) is 11.5 Å². The monoisotopic (exact) mass is 390 g/mol. The van der Waals surface area contributed by atoms with E-state index in [1.54, 1.807) is 53.7 Å². The average molecular weight is 390 g/mol. The lowest BCUT2D eigenvalue weighted by Gasteiger charge is -2.31. The normalized spacial score (nSPS) is 15.4. The number of benzene rings is 1. The van der Waals surface area contributed by atoms with E-state index in [0.29, 0.717) is 37.4 Å². The molecule has 0 bridgehead atoms. The number of rotatable bonds is 6. The maximum Gasteiger partial charge on any atom is 0.260 e. The molecule has 3 rings (SSSR count). The molecule has 7 nitrogen and oxygen atoms in total. The van der Waals surface area contributed by atoms with Crippen molar-refractivity contribution in [1.82, 2.24) is 9.88 Å². The Morgan fingerprint density at radius 1 is 1.15 bits per heavy atom. The highest BCUT2D eigenvalue weighted by Crippen LogP contribution is 2.26. The van der Waals surface area contributed by atoms with E-state index in [4.69, 9.17) is 9.47 Å². The minimum absolute atomic E-state index is 0.0818. The molecule has 1 amide bonds. The standard InChI is InChI=1S/C19H22N2O5S/c1-25-15-4-6-17(7-5-15)27(23,24)18-8-11-21(12-9-18)19(22)14-26-16-3-2-10-20-13-16/h2-7,10,13,18H,8-9,11-12,14H2,1H3. The molecule has 0 saturated carbocycles. The van der Waals surface area contributed by atoms with E-state index in [9.17, 15) is 13.2 Å². The highest BCUT2D eigenvalue weighted by Gasteiger charge is 2.32. The fourth-order valence-electron chi connectivity index (χ4n) is 3.04. The van der Waals surface area contributed by atoms with Crippen molar-refractivity contribution in [3.05, 3.63) is 48.8 Å². The number of likely N-dealkylation sites (tertiary alicyclic amines) is 1. The molecule has 1 aromatic heterocycles. The van der Waals surface area contributed by atoms with Gasteiger partial charge in [-0.3, -0.25) is 9.78 Å². The van der Waals surface area contributed by atoms with Crippen LogP contribution in [0.15, 0.2) is 53.7 Å². The van der Waals surface area contributed by atoms with Crippen molar-refractivity contribution >= 4 is 15.7 Å². The summed E-state index contributed by atoms with van der Waals surface area (Å²) in [5, 5.41) is -0.491. The first-order chi connectivity index (χ1) is 13.0. The summed E-state index contributed by atoms with van der Waals surface area (Å²) in [6.07, 6.45) is 3.99. The largest absolute Gasteiger partial charge is 0.497 e. The molecule has 2 heterocycles. The van der Waals surface area contributed by atoms with Crippen molar-refractivity contribution in [1.29, 1.82) is 0 Å². The number of ether oxygens (including phenoxy) is 2. The third-order valence-corrected chi connectivity index (χ3v) is 6.90. The van der Waals surface area contributed by atoms with E-state index >= 15 is 0 Å². The third-order valence-electron chi connectivity index (χ3n) is 4.62. The molecule has 0 N–H and O–H groups in total. The summed E-state index contributed by atoms with van der Waals surface area (Å²) < 4.78 is 36.1. The number of aromatic nitrogens is 1. The number of sulfone groups is 1. The van der Waals surface area contributed by atoms with Gasteiger partial charge in [-0.25, -0.2) is 8.42 Å². The van der Waals surface area contributed by atoms with Crippen molar-refractivity contribution in [3.8, 4) is 11.5 Å². The van der Waals surface area contributed by atoms with E-state index in [-0.39, 0.29) is 17.4 Å². The molecular weight excluding hydrogens is 368 g/mol. The van der Waals surface area contributed by atoms with Crippen LogP contribution in [0.25, 0.3) is 0 Å². The summed E-state index contributed by atoms with van der Waals surface area (Å²) in [6.45, 7) is 0.714. The van der Waals surface area contributed by atoms with Gasteiger partial charge in [-0.05, 0) is 49.2 Å². The zero-order valence-electron chi connectivity index (χ0n) is 15.1.